The van der Waals surface area contributed by atoms with Crippen molar-refractivity contribution in [2.45, 2.75) is 0 Å². The molecule has 0 atom stereocenters. The van der Waals surface area contributed by atoms with Crippen LogP contribution in [-0.2, 0) is 0 Å². The van der Waals surface area contributed by atoms with E-state index in [9.17, 15) is 4.79 Å². The van der Waals surface area contributed by atoms with Gasteiger partial charge < -0.3 is 5.32 Å². The van der Waals surface area contributed by atoms with Crippen LogP contribution in [0.5, 0.6) is 0 Å². The standard InChI is InChI=1S/C12H7Br2ClN2O/c13-8-3-7(4-9(14)5-8)12(18)17-11-2-1-10(15)6-16-11/h1-6H,(H,16,17,18). The predicted octanol–water partition coefficient (Wildman–Crippen LogP) is 4.51. The van der Waals surface area contributed by atoms with Gasteiger partial charge in [-0.15, -0.1) is 0 Å². The summed E-state index contributed by atoms with van der Waals surface area (Å²) in [5.41, 5.74) is 0.535. The third kappa shape index (κ3) is 3.54. The lowest BCUT2D eigenvalue weighted by Crippen LogP contribution is -2.12. The van der Waals surface area contributed by atoms with Gasteiger partial charge in [-0.1, -0.05) is 43.5 Å². The second kappa shape index (κ2) is 5.82. The van der Waals surface area contributed by atoms with Gasteiger partial charge in [-0.25, -0.2) is 4.98 Å². The summed E-state index contributed by atoms with van der Waals surface area (Å²) < 4.78 is 1.65. The van der Waals surface area contributed by atoms with Crippen LogP contribution in [-0.4, -0.2) is 10.9 Å². The Hall–Kier alpha value is -0.910. The van der Waals surface area contributed by atoms with Crippen LogP contribution >= 0.6 is 43.5 Å². The van der Waals surface area contributed by atoms with Crippen molar-refractivity contribution in [3.63, 3.8) is 0 Å². The van der Waals surface area contributed by atoms with E-state index in [0.29, 0.717) is 16.4 Å². The van der Waals surface area contributed by atoms with Gasteiger partial charge in [0.1, 0.15) is 5.82 Å². The number of carbonyl (C=O) groups is 1. The molecule has 0 saturated heterocycles. The van der Waals surface area contributed by atoms with Gasteiger partial charge in [-0.05, 0) is 30.3 Å². The van der Waals surface area contributed by atoms with E-state index >= 15 is 0 Å². The average Bonchev–Trinajstić information content (AvgIpc) is 2.31. The van der Waals surface area contributed by atoms with Gasteiger partial charge in [-0.2, -0.15) is 0 Å². The van der Waals surface area contributed by atoms with Crippen LogP contribution in [0.4, 0.5) is 5.82 Å². The van der Waals surface area contributed by atoms with Gasteiger partial charge in [0.2, 0.25) is 0 Å². The second-order valence-electron chi connectivity index (χ2n) is 3.47. The molecular formula is C12H7Br2ClN2O. The molecule has 2 aromatic rings. The number of hydrogen-bond acceptors (Lipinski definition) is 2. The minimum atomic E-state index is -0.230. The van der Waals surface area contributed by atoms with Crippen molar-refractivity contribution in [3.05, 3.63) is 56.1 Å². The molecule has 1 aromatic heterocycles. The molecule has 92 valence electrons. The van der Waals surface area contributed by atoms with E-state index in [0.717, 1.165) is 8.95 Å². The van der Waals surface area contributed by atoms with E-state index in [2.05, 4.69) is 42.2 Å². The number of pyridine rings is 1. The molecule has 3 nitrogen and oxygen atoms in total. The van der Waals surface area contributed by atoms with Gasteiger partial charge in [0.25, 0.3) is 5.91 Å². The highest BCUT2D eigenvalue weighted by atomic mass is 79.9. The Morgan fingerprint density at radius 1 is 1.17 bits per heavy atom. The normalized spacial score (nSPS) is 10.2. The molecule has 0 aliphatic carbocycles. The Bertz CT molecular complexity index is 567. The largest absolute Gasteiger partial charge is 0.307 e. The number of amides is 1. The van der Waals surface area contributed by atoms with Crippen molar-refractivity contribution in [1.29, 1.82) is 0 Å². The maximum Gasteiger partial charge on any atom is 0.256 e. The molecule has 0 spiro atoms. The molecule has 0 saturated carbocycles. The predicted molar refractivity (Wildman–Crippen MR) is 79.0 cm³/mol. The Balaban J connectivity index is 2.19. The Labute approximate surface area is 126 Å². The summed E-state index contributed by atoms with van der Waals surface area (Å²) in [5, 5.41) is 3.22. The van der Waals surface area contributed by atoms with E-state index in [4.69, 9.17) is 11.6 Å². The fourth-order valence-electron chi connectivity index (χ4n) is 1.32. The van der Waals surface area contributed by atoms with E-state index in [1.165, 1.54) is 6.20 Å². The summed E-state index contributed by atoms with van der Waals surface area (Å²) >= 11 is 12.4. The molecule has 0 radical (unpaired) electrons. The molecule has 1 aromatic carbocycles. The molecule has 2 rings (SSSR count). The summed E-state index contributed by atoms with van der Waals surface area (Å²) in [6.45, 7) is 0. The first-order valence-corrected chi connectivity index (χ1v) is 6.90. The van der Waals surface area contributed by atoms with Gasteiger partial charge in [-0.3, -0.25) is 4.79 Å². The molecule has 1 amide bonds. The van der Waals surface area contributed by atoms with Crippen LogP contribution in [0.2, 0.25) is 5.02 Å². The SMILES string of the molecule is O=C(Nc1ccc(Cl)cn1)c1cc(Br)cc(Br)c1. The van der Waals surface area contributed by atoms with E-state index in [1.807, 2.05) is 6.07 Å². The van der Waals surface area contributed by atoms with Crippen molar-refractivity contribution in [2.75, 3.05) is 5.32 Å². The number of benzene rings is 1. The van der Waals surface area contributed by atoms with Gasteiger partial charge in [0, 0.05) is 20.7 Å². The third-order valence-corrected chi connectivity index (χ3v) is 3.23. The average molecular weight is 390 g/mol. The van der Waals surface area contributed by atoms with Crippen molar-refractivity contribution in [3.8, 4) is 0 Å². The quantitative estimate of drug-likeness (QED) is 0.820. The lowest BCUT2D eigenvalue weighted by molar-refractivity contribution is 0.102. The lowest BCUT2D eigenvalue weighted by Gasteiger charge is -2.05. The number of hydrogen-bond donors (Lipinski definition) is 1. The zero-order valence-electron chi connectivity index (χ0n) is 8.95. The molecule has 18 heavy (non-hydrogen) atoms. The molecule has 1 N–H and O–H groups in total. The van der Waals surface area contributed by atoms with Gasteiger partial charge in [0.05, 0.1) is 5.02 Å². The van der Waals surface area contributed by atoms with Crippen molar-refractivity contribution < 1.29 is 4.79 Å². The fourth-order valence-corrected chi connectivity index (χ4v) is 2.73. The number of aromatic nitrogens is 1. The molecule has 0 aliphatic rings. The van der Waals surface area contributed by atoms with Crippen LogP contribution in [0, 0.1) is 0 Å². The number of nitrogens with one attached hydrogen (secondary N) is 1. The molecule has 1 heterocycles. The van der Waals surface area contributed by atoms with Crippen molar-refractivity contribution >= 4 is 55.2 Å². The molecular weight excluding hydrogens is 383 g/mol. The fraction of sp³-hybridized carbons (Fsp3) is 0. The number of carbonyl (C=O) groups excluding carboxylic acids is 1. The number of nitrogens with zero attached hydrogens (tertiary/aromatic N) is 1. The molecule has 0 unspecified atom stereocenters. The van der Waals surface area contributed by atoms with Gasteiger partial charge >= 0.3 is 0 Å². The van der Waals surface area contributed by atoms with E-state index in [-0.39, 0.29) is 5.91 Å². The monoisotopic (exact) mass is 388 g/mol. The first-order chi connectivity index (χ1) is 8.54. The molecule has 0 fully saturated rings. The first kappa shape index (κ1) is 13.5. The summed E-state index contributed by atoms with van der Waals surface area (Å²) in [5.74, 6) is 0.229. The highest BCUT2D eigenvalue weighted by molar-refractivity contribution is 9.11. The van der Waals surface area contributed by atoms with E-state index < -0.39 is 0 Å². The van der Waals surface area contributed by atoms with Crippen LogP contribution in [0.25, 0.3) is 0 Å². The number of rotatable bonds is 2. The van der Waals surface area contributed by atoms with Crippen molar-refractivity contribution in [2.24, 2.45) is 0 Å². The summed E-state index contributed by atoms with van der Waals surface area (Å²) in [4.78, 5) is 16.0. The smallest absolute Gasteiger partial charge is 0.256 e. The topological polar surface area (TPSA) is 42.0 Å². The first-order valence-electron chi connectivity index (χ1n) is 4.93. The van der Waals surface area contributed by atoms with Crippen LogP contribution < -0.4 is 5.32 Å². The van der Waals surface area contributed by atoms with Crippen LogP contribution in [0.15, 0.2) is 45.5 Å². The highest BCUT2D eigenvalue weighted by Crippen LogP contribution is 2.21. The molecule has 0 aliphatic heterocycles. The maximum atomic E-state index is 12.0. The number of anilines is 1. The van der Waals surface area contributed by atoms with E-state index in [1.54, 1.807) is 24.3 Å². The zero-order chi connectivity index (χ0) is 13.1. The molecule has 0 bridgehead atoms. The summed E-state index contributed by atoms with van der Waals surface area (Å²) in [6.07, 6.45) is 1.48. The Morgan fingerprint density at radius 3 is 2.39 bits per heavy atom. The highest BCUT2D eigenvalue weighted by Gasteiger charge is 2.08. The van der Waals surface area contributed by atoms with Crippen LogP contribution in [0.3, 0.4) is 0 Å². The minimum Gasteiger partial charge on any atom is -0.307 e. The lowest BCUT2D eigenvalue weighted by atomic mass is 10.2. The summed E-state index contributed by atoms with van der Waals surface area (Å²) in [7, 11) is 0. The molecule has 6 heteroatoms. The van der Waals surface area contributed by atoms with Gasteiger partial charge in [0.15, 0.2) is 0 Å². The number of halogens is 3. The second-order valence-corrected chi connectivity index (χ2v) is 5.74. The van der Waals surface area contributed by atoms with Crippen molar-refractivity contribution in [1.82, 2.24) is 4.98 Å². The Morgan fingerprint density at radius 2 is 1.83 bits per heavy atom. The minimum absolute atomic E-state index is 0.230. The zero-order valence-corrected chi connectivity index (χ0v) is 12.9. The van der Waals surface area contributed by atoms with Crippen LogP contribution in [0.1, 0.15) is 10.4 Å². The Kier molecular flexibility index (Phi) is 4.37. The third-order valence-electron chi connectivity index (χ3n) is 2.09. The summed E-state index contributed by atoms with van der Waals surface area (Å²) in [6, 6.07) is 8.64. The maximum absolute atomic E-state index is 12.0.